The van der Waals surface area contributed by atoms with E-state index in [2.05, 4.69) is 21.8 Å². The third-order valence-corrected chi connectivity index (χ3v) is 8.06. The SMILES string of the molecule is CCC(=O)N1CCn2c(C3CCC(F)(F)CC3)nc(-c3cccc4nc(-c5cnn(C)c5)c(C)cc34)c2C1. The van der Waals surface area contributed by atoms with E-state index in [0.717, 1.165) is 50.5 Å². The van der Waals surface area contributed by atoms with Gasteiger partial charge in [-0.25, -0.2) is 18.7 Å². The van der Waals surface area contributed by atoms with Crippen molar-refractivity contribution in [1.82, 2.24) is 29.2 Å². The maximum absolute atomic E-state index is 14.0. The normalized spacial score (nSPS) is 17.7. The molecule has 0 spiro atoms. The molecule has 6 rings (SSSR count). The van der Waals surface area contributed by atoms with E-state index >= 15 is 0 Å². The first-order valence-corrected chi connectivity index (χ1v) is 13.4. The Kier molecular flexibility index (Phi) is 6.04. The van der Waals surface area contributed by atoms with Crippen molar-refractivity contribution in [2.45, 2.75) is 70.9 Å². The van der Waals surface area contributed by atoms with E-state index in [1.807, 2.05) is 50.3 Å². The predicted octanol–water partition coefficient (Wildman–Crippen LogP) is 5.85. The number of hydrogen-bond acceptors (Lipinski definition) is 4. The number of aromatic nitrogens is 5. The Balaban J connectivity index is 1.48. The van der Waals surface area contributed by atoms with E-state index in [4.69, 9.17) is 9.97 Å². The van der Waals surface area contributed by atoms with Crippen molar-refractivity contribution in [1.29, 1.82) is 0 Å². The molecule has 1 saturated carbocycles. The Hall–Kier alpha value is -3.62. The number of alkyl halides is 2. The van der Waals surface area contributed by atoms with Crippen LogP contribution in [0.5, 0.6) is 0 Å². The maximum atomic E-state index is 14.0. The number of hydrogen-bond donors (Lipinski definition) is 0. The number of fused-ring (bicyclic) bond motifs is 2. The molecule has 0 atom stereocenters. The van der Waals surface area contributed by atoms with Crippen LogP contribution in [-0.4, -0.2) is 47.6 Å². The molecule has 7 nitrogen and oxygen atoms in total. The fourth-order valence-corrected chi connectivity index (χ4v) is 6.00. The zero-order chi connectivity index (χ0) is 26.6. The second kappa shape index (κ2) is 9.29. The summed E-state index contributed by atoms with van der Waals surface area (Å²) >= 11 is 0. The summed E-state index contributed by atoms with van der Waals surface area (Å²) in [6.07, 6.45) is 4.85. The fourth-order valence-electron chi connectivity index (χ4n) is 6.00. The number of aryl methyl sites for hydroxylation is 2. The smallest absolute Gasteiger partial charge is 0.248 e. The highest BCUT2D eigenvalue weighted by molar-refractivity contribution is 5.96. The molecule has 1 aliphatic carbocycles. The molecule has 1 aliphatic heterocycles. The van der Waals surface area contributed by atoms with Gasteiger partial charge in [0.1, 0.15) is 5.82 Å². The second-order valence-corrected chi connectivity index (χ2v) is 10.6. The molecule has 1 aromatic carbocycles. The van der Waals surface area contributed by atoms with Crippen LogP contribution in [0.4, 0.5) is 8.78 Å². The van der Waals surface area contributed by atoms with Crippen molar-refractivity contribution in [3.63, 3.8) is 0 Å². The van der Waals surface area contributed by atoms with Gasteiger partial charge < -0.3 is 9.47 Å². The molecule has 1 amide bonds. The molecule has 0 bridgehead atoms. The van der Waals surface area contributed by atoms with Gasteiger partial charge >= 0.3 is 0 Å². The van der Waals surface area contributed by atoms with Gasteiger partial charge in [-0.2, -0.15) is 5.10 Å². The van der Waals surface area contributed by atoms with Gasteiger partial charge in [-0.1, -0.05) is 19.1 Å². The van der Waals surface area contributed by atoms with Gasteiger partial charge in [-0.15, -0.1) is 0 Å². The highest BCUT2D eigenvalue weighted by Crippen LogP contribution is 2.43. The Labute approximate surface area is 220 Å². The van der Waals surface area contributed by atoms with E-state index in [0.29, 0.717) is 38.9 Å². The van der Waals surface area contributed by atoms with Crippen LogP contribution in [0.25, 0.3) is 33.4 Å². The molecule has 198 valence electrons. The van der Waals surface area contributed by atoms with E-state index < -0.39 is 5.92 Å². The quantitative estimate of drug-likeness (QED) is 0.340. The number of amides is 1. The summed E-state index contributed by atoms with van der Waals surface area (Å²) in [5.41, 5.74) is 6.49. The Morgan fingerprint density at radius 3 is 2.63 bits per heavy atom. The van der Waals surface area contributed by atoms with Crippen LogP contribution in [0.1, 0.15) is 62.0 Å². The lowest BCUT2D eigenvalue weighted by molar-refractivity contribution is -0.132. The van der Waals surface area contributed by atoms with Crippen LogP contribution in [0, 0.1) is 6.92 Å². The maximum Gasteiger partial charge on any atom is 0.248 e. The standard InChI is InChI=1S/C29H32F2N6O/c1-4-25(38)36-12-13-37-24(17-36)27(34-28(37)19-8-10-29(30,31)11-9-19)21-6-5-7-23-22(21)14-18(2)26(33-23)20-15-32-35(3)16-20/h5-7,14-16,19H,4,8-13,17H2,1-3H3. The van der Waals surface area contributed by atoms with Crippen molar-refractivity contribution in [3.8, 4) is 22.5 Å². The summed E-state index contributed by atoms with van der Waals surface area (Å²) in [5.74, 6) is -1.62. The first-order chi connectivity index (χ1) is 18.2. The van der Waals surface area contributed by atoms with Crippen LogP contribution in [0.15, 0.2) is 36.7 Å². The van der Waals surface area contributed by atoms with Crippen LogP contribution in [0.3, 0.4) is 0 Å². The van der Waals surface area contributed by atoms with Gasteiger partial charge in [0, 0.05) is 68.0 Å². The molecular weight excluding hydrogens is 486 g/mol. The molecule has 0 saturated heterocycles. The minimum Gasteiger partial charge on any atom is -0.335 e. The predicted molar refractivity (Wildman–Crippen MR) is 142 cm³/mol. The number of rotatable bonds is 4. The zero-order valence-electron chi connectivity index (χ0n) is 22.0. The third kappa shape index (κ3) is 4.27. The second-order valence-electron chi connectivity index (χ2n) is 10.6. The highest BCUT2D eigenvalue weighted by Gasteiger charge is 2.38. The number of carbonyl (C=O) groups is 1. The van der Waals surface area contributed by atoms with Crippen LogP contribution < -0.4 is 0 Å². The summed E-state index contributed by atoms with van der Waals surface area (Å²) in [4.78, 5) is 24.7. The lowest BCUT2D eigenvalue weighted by Gasteiger charge is -2.32. The highest BCUT2D eigenvalue weighted by atomic mass is 19.3. The van der Waals surface area contributed by atoms with Crippen LogP contribution >= 0.6 is 0 Å². The molecule has 0 radical (unpaired) electrons. The van der Waals surface area contributed by atoms with E-state index in [-0.39, 0.29) is 24.7 Å². The molecule has 2 aliphatic rings. The monoisotopic (exact) mass is 518 g/mol. The van der Waals surface area contributed by atoms with Crippen LogP contribution in [-0.2, 0) is 24.9 Å². The van der Waals surface area contributed by atoms with Gasteiger partial charge in [0.25, 0.3) is 0 Å². The van der Waals surface area contributed by atoms with E-state index in [9.17, 15) is 13.6 Å². The average molecular weight is 519 g/mol. The summed E-state index contributed by atoms with van der Waals surface area (Å²) in [6, 6.07) is 8.18. The first kappa shape index (κ1) is 24.7. The number of pyridine rings is 1. The molecule has 4 heterocycles. The Bertz CT molecular complexity index is 1530. The number of benzene rings is 1. The minimum atomic E-state index is -2.59. The van der Waals surface area contributed by atoms with Gasteiger partial charge in [-0.3, -0.25) is 9.48 Å². The average Bonchev–Trinajstić information content (AvgIpc) is 3.51. The first-order valence-electron chi connectivity index (χ1n) is 13.4. The summed E-state index contributed by atoms with van der Waals surface area (Å²) < 4.78 is 31.9. The van der Waals surface area contributed by atoms with Crippen LogP contribution in [0.2, 0.25) is 0 Å². The topological polar surface area (TPSA) is 68.8 Å². The molecule has 9 heteroatoms. The molecular formula is C29H32F2N6O. The van der Waals surface area contributed by atoms with Crippen molar-refractivity contribution in [3.05, 3.63) is 53.7 Å². The molecule has 1 fully saturated rings. The largest absolute Gasteiger partial charge is 0.335 e. The van der Waals surface area contributed by atoms with Crippen molar-refractivity contribution in [2.75, 3.05) is 6.54 Å². The lowest BCUT2D eigenvalue weighted by Crippen LogP contribution is -2.38. The molecule has 4 aromatic rings. The Morgan fingerprint density at radius 1 is 1.13 bits per heavy atom. The minimum absolute atomic E-state index is 0.0115. The van der Waals surface area contributed by atoms with E-state index in [1.165, 1.54) is 0 Å². The third-order valence-electron chi connectivity index (χ3n) is 8.06. The number of halogens is 2. The molecule has 0 N–H and O–H groups in total. The van der Waals surface area contributed by atoms with Crippen molar-refractivity contribution < 1.29 is 13.6 Å². The molecule has 3 aromatic heterocycles. The number of nitrogens with zero attached hydrogens (tertiary/aromatic N) is 6. The lowest BCUT2D eigenvalue weighted by atomic mass is 9.86. The van der Waals surface area contributed by atoms with Gasteiger partial charge in [0.2, 0.25) is 11.8 Å². The zero-order valence-corrected chi connectivity index (χ0v) is 22.0. The number of imidazole rings is 1. The number of carbonyl (C=O) groups excluding carboxylic acids is 1. The fraction of sp³-hybridized carbons (Fsp3) is 0.448. The molecule has 38 heavy (non-hydrogen) atoms. The summed E-state index contributed by atoms with van der Waals surface area (Å²) in [7, 11) is 1.89. The van der Waals surface area contributed by atoms with Crippen molar-refractivity contribution >= 4 is 16.8 Å². The van der Waals surface area contributed by atoms with E-state index in [1.54, 1.807) is 4.68 Å². The van der Waals surface area contributed by atoms with Gasteiger partial charge in [0.05, 0.1) is 35.3 Å². The molecule has 0 unspecified atom stereocenters. The van der Waals surface area contributed by atoms with Crippen molar-refractivity contribution in [2.24, 2.45) is 7.05 Å². The summed E-state index contributed by atoms with van der Waals surface area (Å²) in [5, 5.41) is 5.28. The van der Waals surface area contributed by atoms with Gasteiger partial charge in [0.15, 0.2) is 0 Å². The van der Waals surface area contributed by atoms with Gasteiger partial charge in [-0.05, 0) is 37.5 Å². The summed E-state index contributed by atoms with van der Waals surface area (Å²) in [6.45, 7) is 5.62. The Morgan fingerprint density at radius 2 is 1.92 bits per heavy atom.